The van der Waals surface area contributed by atoms with Crippen molar-refractivity contribution in [3.05, 3.63) is 0 Å². The van der Waals surface area contributed by atoms with E-state index in [-0.39, 0.29) is 0 Å². The molecule has 0 aromatic heterocycles. The van der Waals surface area contributed by atoms with E-state index in [4.69, 9.17) is 4.74 Å². The van der Waals surface area contributed by atoms with Crippen LogP contribution in [0.1, 0.15) is 25.7 Å². The molecule has 2 atom stereocenters. The van der Waals surface area contributed by atoms with Crippen molar-refractivity contribution in [2.24, 2.45) is 11.8 Å². The van der Waals surface area contributed by atoms with Gasteiger partial charge in [0.25, 0.3) is 0 Å². The molecule has 0 aromatic carbocycles. The first-order valence-electron chi connectivity index (χ1n) is 5.02. The van der Waals surface area contributed by atoms with Crippen molar-refractivity contribution < 1.29 is 4.74 Å². The largest absolute Gasteiger partial charge is 0.384 e. The summed E-state index contributed by atoms with van der Waals surface area (Å²) >= 11 is 0. The molecule has 2 unspecified atom stereocenters. The summed E-state index contributed by atoms with van der Waals surface area (Å²) in [6, 6.07) is 0. The Morgan fingerprint density at radius 2 is 1.92 bits per heavy atom. The molecule has 1 rings (SSSR count). The second kappa shape index (κ2) is 5.55. The molecule has 0 heterocycles. The number of ether oxygens (including phenoxy) is 1. The summed E-state index contributed by atoms with van der Waals surface area (Å²) in [5.41, 5.74) is 0. The molecule has 2 nitrogen and oxygen atoms in total. The van der Waals surface area contributed by atoms with Crippen molar-refractivity contribution in [2.45, 2.75) is 25.7 Å². The van der Waals surface area contributed by atoms with E-state index in [0.717, 1.165) is 25.0 Å². The van der Waals surface area contributed by atoms with Crippen LogP contribution in [-0.4, -0.2) is 27.3 Å². The second-order valence-corrected chi connectivity index (χ2v) is 3.82. The highest BCUT2D eigenvalue weighted by molar-refractivity contribution is 4.76. The van der Waals surface area contributed by atoms with Gasteiger partial charge in [0.05, 0.1) is 0 Å². The molecule has 2 heteroatoms. The van der Waals surface area contributed by atoms with Crippen molar-refractivity contribution in [1.82, 2.24) is 5.32 Å². The van der Waals surface area contributed by atoms with Gasteiger partial charge in [-0.2, -0.15) is 0 Å². The molecule has 0 spiro atoms. The van der Waals surface area contributed by atoms with Crippen LogP contribution in [-0.2, 0) is 4.74 Å². The van der Waals surface area contributed by atoms with Crippen LogP contribution in [0.3, 0.4) is 0 Å². The van der Waals surface area contributed by atoms with Crippen LogP contribution in [0.15, 0.2) is 0 Å². The first kappa shape index (κ1) is 10.0. The topological polar surface area (TPSA) is 21.3 Å². The fourth-order valence-corrected chi connectivity index (χ4v) is 2.25. The van der Waals surface area contributed by atoms with Crippen molar-refractivity contribution >= 4 is 0 Å². The predicted molar refractivity (Wildman–Crippen MR) is 51.3 cm³/mol. The van der Waals surface area contributed by atoms with E-state index in [0.29, 0.717) is 0 Å². The van der Waals surface area contributed by atoms with Crippen molar-refractivity contribution in [3.8, 4) is 0 Å². The Hall–Kier alpha value is -0.0800. The lowest BCUT2D eigenvalue weighted by molar-refractivity contribution is 0.0943. The molecule has 1 saturated carbocycles. The summed E-state index contributed by atoms with van der Waals surface area (Å²) in [5, 5.41) is 3.27. The van der Waals surface area contributed by atoms with Crippen molar-refractivity contribution in [2.75, 3.05) is 27.3 Å². The SMILES string of the molecule is CNCC1CCCCC1COC. The quantitative estimate of drug-likeness (QED) is 0.694. The molecular formula is C10H21NO. The zero-order chi connectivity index (χ0) is 8.81. The van der Waals surface area contributed by atoms with Crippen LogP contribution in [0.5, 0.6) is 0 Å². The van der Waals surface area contributed by atoms with E-state index in [2.05, 4.69) is 5.32 Å². The normalized spacial score (nSPS) is 30.5. The van der Waals surface area contributed by atoms with Gasteiger partial charge in [-0.1, -0.05) is 12.8 Å². The lowest BCUT2D eigenvalue weighted by Crippen LogP contribution is -2.31. The molecule has 0 amide bonds. The molecular weight excluding hydrogens is 150 g/mol. The predicted octanol–water partition coefficient (Wildman–Crippen LogP) is 1.66. The Labute approximate surface area is 75.7 Å². The number of hydrogen-bond donors (Lipinski definition) is 1. The minimum absolute atomic E-state index is 0.802. The molecule has 72 valence electrons. The molecule has 1 N–H and O–H groups in total. The highest BCUT2D eigenvalue weighted by atomic mass is 16.5. The Balaban J connectivity index is 2.31. The zero-order valence-corrected chi connectivity index (χ0v) is 8.31. The van der Waals surface area contributed by atoms with E-state index in [9.17, 15) is 0 Å². The molecule has 0 saturated heterocycles. The summed E-state index contributed by atoms with van der Waals surface area (Å²) in [7, 11) is 3.85. The van der Waals surface area contributed by atoms with Crippen molar-refractivity contribution in [3.63, 3.8) is 0 Å². The first-order chi connectivity index (χ1) is 5.88. The van der Waals surface area contributed by atoms with E-state index in [1.165, 1.54) is 25.7 Å². The van der Waals surface area contributed by atoms with E-state index >= 15 is 0 Å². The summed E-state index contributed by atoms with van der Waals surface area (Å²) < 4.78 is 5.23. The van der Waals surface area contributed by atoms with Gasteiger partial charge in [0, 0.05) is 13.7 Å². The van der Waals surface area contributed by atoms with Crippen LogP contribution in [0, 0.1) is 11.8 Å². The summed E-state index contributed by atoms with van der Waals surface area (Å²) in [6.07, 6.45) is 5.55. The van der Waals surface area contributed by atoms with E-state index < -0.39 is 0 Å². The molecule has 1 fully saturated rings. The number of hydrogen-bond acceptors (Lipinski definition) is 2. The van der Waals surface area contributed by atoms with Gasteiger partial charge in [0.2, 0.25) is 0 Å². The summed E-state index contributed by atoms with van der Waals surface area (Å²) in [5.74, 6) is 1.65. The molecule has 12 heavy (non-hydrogen) atoms. The lowest BCUT2D eigenvalue weighted by Gasteiger charge is -2.30. The second-order valence-electron chi connectivity index (χ2n) is 3.82. The maximum Gasteiger partial charge on any atom is 0.0493 e. The van der Waals surface area contributed by atoms with Gasteiger partial charge in [-0.05, 0) is 38.3 Å². The first-order valence-corrected chi connectivity index (χ1v) is 5.02. The van der Waals surface area contributed by atoms with E-state index in [1.54, 1.807) is 0 Å². The Bertz CT molecular complexity index is 98.4. The van der Waals surface area contributed by atoms with Crippen LogP contribution >= 0.6 is 0 Å². The number of rotatable bonds is 4. The fourth-order valence-electron chi connectivity index (χ4n) is 2.25. The average Bonchev–Trinajstić information content (AvgIpc) is 2.09. The fraction of sp³-hybridized carbons (Fsp3) is 1.00. The minimum Gasteiger partial charge on any atom is -0.384 e. The maximum absolute atomic E-state index is 5.23. The van der Waals surface area contributed by atoms with Crippen LogP contribution in [0.2, 0.25) is 0 Å². The standard InChI is InChI=1S/C10H21NO/c1-11-7-9-5-3-4-6-10(9)8-12-2/h9-11H,3-8H2,1-2H3. The van der Waals surface area contributed by atoms with Gasteiger partial charge < -0.3 is 10.1 Å². The third-order valence-electron chi connectivity index (χ3n) is 2.91. The van der Waals surface area contributed by atoms with Gasteiger partial charge in [-0.25, -0.2) is 0 Å². The molecule has 0 bridgehead atoms. The van der Waals surface area contributed by atoms with Gasteiger partial charge in [0.1, 0.15) is 0 Å². The summed E-state index contributed by atoms with van der Waals surface area (Å²) in [6.45, 7) is 2.11. The van der Waals surface area contributed by atoms with Gasteiger partial charge in [0.15, 0.2) is 0 Å². The van der Waals surface area contributed by atoms with E-state index in [1.807, 2.05) is 14.2 Å². The van der Waals surface area contributed by atoms with Gasteiger partial charge in [-0.3, -0.25) is 0 Å². The highest BCUT2D eigenvalue weighted by Crippen LogP contribution is 2.29. The summed E-state index contributed by atoms with van der Waals surface area (Å²) in [4.78, 5) is 0. The van der Waals surface area contributed by atoms with Crippen LogP contribution < -0.4 is 5.32 Å². The highest BCUT2D eigenvalue weighted by Gasteiger charge is 2.23. The van der Waals surface area contributed by atoms with Crippen LogP contribution in [0.4, 0.5) is 0 Å². The van der Waals surface area contributed by atoms with Gasteiger partial charge in [-0.15, -0.1) is 0 Å². The molecule has 1 aliphatic rings. The average molecular weight is 171 g/mol. The molecule has 0 radical (unpaired) electrons. The Kier molecular flexibility index (Phi) is 4.62. The minimum atomic E-state index is 0.802. The van der Waals surface area contributed by atoms with Crippen LogP contribution in [0.25, 0.3) is 0 Å². The lowest BCUT2D eigenvalue weighted by atomic mass is 9.79. The zero-order valence-electron chi connectivity index (χ0n) is 8.31. The monoisotopic (exact) mass is 171 g/mol. The maximum atomic E-state index is 5.23. The Morgan fingerprint density at radius 1 is 1.25 bits per heavy atom. The number of methoxy groups -OCH3 is 1. The third-order valence-corrected chi connectivity index (χ3v) is 2.91. The van der Waals surface area contributed by atoms with Gasteiger partial charge >= 0.3 is 0 Å². The molecule has 0 aliphatic heterocycles. The smallest absolute Gasteiger partial charge is 0.0493 e. The number of nitrogens with one attached hydrogen (secondary N) is 1. The third kappa shape index (κ3) is 2.76. The Morgan fingerprint density at radius 3 is 2.50 bits per heavy atom. The van der Waals surface area contributed by atoms with Crippen molar-refractivity contribution in [1.29, 1.82) is 0 Å². The molecule has 1 aliphatic carbocycles. The molecule has 0 aromatic rings.